The topological polar surface area (TPSA) is 110 Å². The number of amides is 1. The molecule has 1 amide bonds. The van der Waals surface area contributed by atoms with Gasteiger partial charge in [-0.1, -0.05) is 18.0 Å². The van der Waals surface area contributed by atoms with Crippen LogP contribution < -0.4 is 5.32 Å². The molecular weight excluding hydrogens is 320 g/mol. The lowest BCUT2D eigenvalue weighted by Crippen LogP contribution is -2.27. The van der Waals surface area contributed by atoms with E-state index in [0.29, 0.717) is 23.0 Å². The number of carbonyl (C=O) groups excluding carboxylic acids is 1. The summed E-state index contributed by atoms with van der Waals surface area (Å²) in [4.78, 5) is 28.4. The van der Waals surface area contributed by atoms with Crippen LogP contribution in [0.5, 0.6) is 0 Å². The number of nitrogens with one attached hydrogen (secondary N) is 2. The zero-order valence-corrected chi connectivity index (χ0v) is 14.2. The van der Waals surface area contributed by atoms with Gasteiger partial charge in [0, 0.05) is 12.1 Å². The van der Waals surface area contributed by atoms with Gasteiger partial charge < -0.3 is 14.8 Å². The van der Waals surface area contributed by atoms with Crippen LogP contribution >= 0.6 is 0 Å². The maximum absolute atomic E-state index is 12.5. The second-order valence-corrected chi connectivity index (χ2v) is 6.58. The van der Waals surface area contributed by atoms with E-state index < -0.39 is 0 Å². The third-order valence-corrected chi connectivity index (χ3v) is 4.61. The minimum atomic E-state index is -0.366. The van der Waals surface area contributed by atoms with Crippen molar-refractivity contribution in [2.24, 2.45) is 0 Å². The van der Waals surface area contributed by atoms with E-state index >= 15 is 0 Å². The summed E-state index contributed by atoms with van der Waals surface area (Å²) >= 11 is 0. The van der Waals surface area contributed by atoms with E-state index in [2.05, 4.69) is 30.4 Å². The van der Waals surface area contributed by atoms with Crippen LogP contribution in [0.1, 0.15) is 72.5 Å². The van der Waals surface area contributed by atoms with Crippen molar-refractivity contribution in [2.45, 2.75) is 51.5 Å². The Bertz CT molecular complexity index is 909. The van der Waals surface area contributed by atoms with Gasteiger partial charge in [-0.3, -0.25) is 4.79 Å². The molecule has 4 rings (SSSR count). The molecule has 1 saturated carbocycles. The Balaban J connectivity index is 1.47. The Morgan fingerprint density at radius 3 is 2.96 bits per heavy atom. The lowest BCUT2D eigenvalue weighted by molar-refractivity contribution is 0.0932. The number of hydrogen-bond donors (Lipinski definition) is 2. The number of carbonyl (C=O) groups is 1. The first-order valence-corrected chi connectivity index (χ1v) is 8.57. The van der Waals surface area contributed by atoms with Gasteiger partial charge in [0.05, 0.1) is 11.1 Å². The average Bonchev–Trinajstić information content (AvgIpc) is 3.32. The molecule has 2 N–H and O–H groups in total. The van der Waals surface area contributed by atoms with Crippen molar-refractivity contribution in [1.29, 1.82) is 0 Å². The molecule has 0 aliphatic heterocycles. The number of hydrogen-bond acceptors (Lipinski definition) is 6. The van der Waals surface area contributed by atoms with Crippen molar-refractivity contribution in [2.75, 3.05) is 0 Å². The summed E-state index contributed by atoms with van der Waals surface area (Å²) in [5.74, 6) is 2.09. The highest BCUT2D eigenvalue weighted by atomic mass is 16.5. The Labute approximate surface area is 144 Å². The lowest BCUT2D eigenvalue weighted by Gasteiger charge is -2.09. The monoisotopic (exact) mass is 340 g/mol. The summed E-state index contributed by atoms with van der Waals surface area (Å²) in [6, 6.07) is 1.37. The van der Waals surface area contributed by atoms with Gasteiger partial charge in [0.25, 0.3) is 5.91 Å². The van der Waals surface area contributed by atoms with E-state index in [0.717, 1.165) is 30.0 Å². The highest BCUT2D eigenvalue weighted by molar-refractivity contribution is 5.96. The van der Waals surface area contributed by atoms with E-state index in [1.165, 1.54) is 19.0 Å². The Kier molecular flexibility index (Phi) is 3.95. The number of aromatic amines is 1. The number of imidazole rings is 1. The molecule has 0 aromatic carbocycles. The molecule has 8 nitrogen and oxygen atoms in total. The van der Waals surface area contributed by atoms with Crippen LogP contribution in [-0.2, 0) is 0 Å². The lowest BCUT2D eigenvalue weighted by atomic mass is 10.1. The van der Waals surface area contributed by atoms with Crippen LogP contribution in [0.15, 0.2) is 16.8 Å². The van der Waals surface area contributed by atoms with E-state index in [4.69, 9.17) is 4.52 Å². The van der Waals surface area contributed by atoms with Crippen molar-refractivity contribution in [3.63, 3.8) is 0 Å². The molecule has 3 heterocycles. The normalized spacial score (nSPS) is 16.4. The summed E-state index contributed by atoms with van der Waals surface area (Å²) in [6.07, 6.45) is 6.15. The summed E-state index contributed by atoms with van der Waals surface area (Å²) in [5, 5.41) is 6.96. The van der Waals surface area contributed by atoms with Gasteiger partial charge in [0.15, 0.2) is 11.5 Å². The molecule has 25 heavy (non-hydrogen) atoms. The molecule has 3 aromatic rings. The van der Waals surface area contributed by atoms with E-state index in [1.807, 2.05) is 13.8 Å². The SMILES string of the molecule is Cc1nc2ncc(C(=O)NC(C)c3nc(C4CCCC4)no3)cc2[nH]1. The van der Waals surface area contributed by atoms with Crippen molar-refractivity contribution >= 4 is 17.1 Å². The van der Waals surface area contributed by atoms with Crippen molar-refractivity contribution in [1.82, 2.24) is 30.4 Å². The minimum Gasteiger partial charge on any atom is -0.341 e. The van der Waals surface area contributed by atoms with Crippen LogP contribution in [0.25, 0.3) is 11.2 Å². The number of aryl methyl sites for hydroxylation is 1. The van der Waals surface area contributed by atoms with E-state index in [-0.39, 0.29) is 11.9 Å². The second kappa shape index (κ2) is 6.27. The molecule has 0 spiro atoms. The molecule has 1 fully saturated rings. The number of rotatable bonds is 4. The summed E-state index contributed by atoms with van der Waals surface area (Å²) in [6.45, 7) is 3.68. The van der Waals surface area contributed by atoms with Crippen molar-refractivity contribution < 1.29 is 9.32 Å². The molecule has 1 atom stereocenters. The van der Waals surface area contributed by atoms with Gasteiger partial charge in [-0.2, -0.15) is 4.98 Å². The maximum Gasteiger partial charge on any atom is 0.253 e. The highest BCUT2D eigenvalue weighted by Crippen LogP contribution is 2.32. The van der Waals surface area contributed by atoms with Crippen LogP contribution in [0, 0.1) is 6.92 Å². The van der Waals surface area contributed by atoms with E-state index in [9.17, 15) is 4.79 Å². The van der Waals surface area contributed by atoms with E-state index in [1.54, 1.807) is 6.07 Å². The number of nitrogens with zero attached hydrogens (tertiary/aromatic N) is 4. The van der Waals surface area contributed by atoms with Gasteiger partial charge in [0.1, 0.15) is 11.9 Å². The molecule has 1 aliphatic carbocycles. The third-order valence-electron chi connectivity index (χ3n) is 4.61. The largest absolute Gasteiger partial charge is 0.341 e. The van der Waals surface area contributed by atoms with Crippen molar-refractivity contribution in [3.05, 3.63) is 35.4 Å². The van der Waals surface area contributed by atoms with Gasteiger partial charge in [-0.05, 0) is 32.8 Å². The number of pyridine rings is 1. The molecule has 130 valence electrons. The van der Waals surface area contributed by atoms with Gasteiger partial charge in [-0.15, -0.1) is 0 Å². The number of H-pyrrole nitrogens is 1. The molecule has 1 unspecified atom stereocenters. The minimum absolute atomic E-state index is 0.241. The number of fused-ring (bicyclic) bond motifs is 1. The van der Waals surface area contributed by atoms with Crippen LogP contribution in [0.3, 0.4) is 0 Å². The standard InChI is InChI=1S/C17H20N6O2/c1-9(17-22-14(23-25-17)11-5-3-4-6-11)19-16(24)12-7-13-15(18-8-12)21-10(2)20-13/h7-9,11H,3-6H2,1-2H3,(H,19,24)(H,18,20,21). The van der Waals surface area contributed by atoms with Crippen LogP contribution in [0.2, 0.25) is 0 Å². The van der Waals surface area contributed by atoms with Crippen molar-refractivity contribution in [3.8, 4) is 0 Å². The fourth-order valence-corrected chi connectivity index (χ4v) is 3.26. The van der Waals surface area contributed by atoms with Crippen LogP contribution in [-0.4, -0.2) is 31.0 Å². The van der Waals surface area contributed by atoms with Gasteiger partial charge in [0.2, 0.25) is 5.89 Å². The highest BCUT2D eigenvalue weighted by Gasteiger charge is 2.24. The predicted octanol–water partition coefficient (Wildman–Crippen LogP) is 2.80. The molecule has 3 aromatic heterocycles. The number of aromatic nitrogens is 5. The van der Waals surface area contributed by atoms with Crippen LogP contribution in [0.4, 0.5) is 0 Å². The summed E-state index contributed by atoms with van der Waals surface area (Å²) in [7, 11) is 0. The zero-order chi connectivity index (χ0) is 17.4. The Morgan fingerprint density at radius 1 is 1.36 bits per heavy atom. The molecule has 0 saturated heterocycles. The first-order chi connectivity index (χ1) is 12.1. The predicted molar refractivity (Wildman–Crippen MR) is 90.0 cm³/mol. The Morgan fingerprint density at radius 2 is 2.16 bits per heavy atom. The molecule has 8 heteroatoms. The first kappa shape index (κ1) is 15.7. The summed E-state index contributed by atoms with van der Waals surface area (Å²) < 4.78 is 5.34. The maximum atomic E-state index is 12.5. The quantitative estimate of drug-likeness (QED) is 0.756. The fraction of sp³-hybridized carbons (Fsp3) is 0.471. The Hall–Kier alpha value is -2.77. The molecular formula is C17H20N6O2. The first-order valence-electron chi connectivity index (χ1n) is 8.57. The second-order valence-electron chi connectivity index (χ2n) is 6.58. The molecule has 1 aliphatic rings. The zero-order valence-electron chi connectivity index (χ0n) is 14.2. The molecule has 0 bridgehead atoms. The average molecular weight is 340 g/mol. The van der Waals surface area contributed by atoms with Gasteiger partial charge in [-0.25, -0.2) is 9.97 Å². The van der Waals surface area contributed by atoms with Gasteiger partial charge >= 0.3 is 0 Å². The fourth-order valence-electron chi connectivity index (χ4n) is 3.26. The smallest absolute Gasteiger partial charge is 0.253 e. The third kappa shape index (κ3) is 3.11. The summed E-state index contributed by atoms with van der Waals surface area (Å²) in [5.41, 5.74) is 1.79. The molecule has 0 radical (unpaired) electrons.